The van der Waals surface area contributed by atoms with Crippen LogP contribution in [0.2, 0.25) is 0 Å². The Morgan fingerprint density at radius 2 is 1.62 bits per heavy atom. The van der Waals surface area contributed by atoms with Gasteiger partial charge in [-0.25, -0.2) is 0 Å². The molecular formula is C39H77FmN4O7S-. The summed E-state index contributed by atoms with van der Waals surface area (Å²) < 4.78 is 15.6. The van der Waals surface area contributed by atoms with Gasteiger partial charge in [0.2, 0.25) is 12.3 Å². The molecule has 13 heteroatoms. The van der Waals surface area contributed by atoms with Gasteiger partial charge in [-0.1, -0.05) is 112 Å². The predicted octanol–water partition coefficient (Wildman–Crippen LogP) is 6.53. The molecule has 7 atom stereocenters. The largest absolute Gasteiger partial charge is 0.522 e. The van der Waals surface area contributed by atoms with Gasteiger partial charge in [0.25, 0.3) is 0 Å². The third-order valence-corrected chi connectivity index (χ3v) is 8.07. The van der Waals surface area contributed by atoms with Crippen LogP contribution in [0.3, 0.4) is 0 Å². The Bertz CT molecular complexity index is 882. The third-order valence-electron chi connectivity index (χ3n) is 8.07. The molecule has 1 heterocycles. The second-order valence-corrected chi connectivity index (χ2v) is 11.8. The molecule has 2 aliphatic rings. The van der Waals surface area contributed by atoms with Crippen molar-refractivity contribution in [3.63, 3.8) is 0 Å². The van der Waals surface area contributed by atoms with E-state index in [1.807, 2.05) is 27.7 Å². The van der Waals surface area contributed by atoms with Crippen molar-refractivity contribution in [2.45, 2.75) is 132 Å². The molecule has 314 valence electrons. The number of amides is 3. The van der Waals surface area contributed by atoms with Crippen LogP contribution >= 0.6 is 12.2 Å². The van der Waals surface area contributed by atoms with Crippen LogP contribution in [0, 0.1) is 17.8 Å². The minimum atomic E-state index is -0.241. The summed E-state index contributed by atoms with van der Waals surface area (Å²) in [5.74, 6) is 3.61. The Hall–Kier alpha value is -3.67. The summed E-state index contributed by atoms with van der Waals surface area (Å²) in [5, 5.41) is 2.28. The summed E-state index contributed by atoms with van der Waals surface area (Å²) in [6, 6.07) is 0.100. The molecule has 1 aliphatic carbocycles. The Morgan fingerprint density at radius 1 is 1.06 bits per heavy atom. The third kappa shape index (κ3) is 28.0. The van der Waals surface area contributed by atoms with Gasteiger partial charge in [-0.3, -0.25) is 14.4 Å². The van der Waals surface area contributed by atoms with E-state index in [9.17, 15) is 19.2 Å². The van der Waals surface area contributed by atoms with Gasteiger partial charge in [0.15, 0.2) is 0 Å². The van der Waals surface area contributed by atoms with Crippen LogP contribution in [0.1, 0.15) is 107 Å². The maximum Gasteiger partial charge on any atom is 0.305 e. The number of methoxy groups -OCH3 is 3. The van der Waals surface area contributed by atoms with Gasteiger partial charge in [0.1, 0.15) is 0 Å². The fourth-order valence-corrected chi connectivity index (χ4v) is 5.42. The summed E-state index contributed by atoms with van der Waals surface area (Å²) in [6.45, 7) is 19.4. The van der Waals surface area contributed by atoms with Crippen molar-refractivity contribution in [2.24, 2.45) is 23.5 Å². The van der Waals surface area contributed by atoms with E-state index < -0.39 is 0 Å². The zero-order valence-corrected chi connectivity index (χ0v) is 38.2. The topological polar surface area (TPSA) is 140 Å². The smallest absolute Gasteiger partial charge is 0.305 e. The average molecular weight is 1000 g/mol. The molecule has 11 nitrogen and oxygen atoms in total. The van der Waals surface area contributed by atoms with Crippen LogP contribution in [0.25, 0.3) is 0 Å². The summed E-state index contributed by atoms with van der Waals surface area (Å²) in [4.78, 5) is 47.6. The number of hydrogen-bond acceptors (Lipinski definition) is 9. The fraction of sp³-hybridized carbons (Fsp3) is 0.769. The minimum Gasteiger partial charge on any atom is -0.522 e. The van der Waals surface area contributed by atoms with Crippen molar-refractivity contribution in [2.75, 3.05) is 48.5 Å². The second-order valence-electron chi connectivity index (χ2n) is 11.8. The molecule has 0 saturated carbocycles. The van der Waals surface area contributed by atoms with E-state index in [0.717, 1.165) is 44.6 Å². The first-order valence-electron chi connectivity index (χ1n) is 18.4. The number of nitrogens with one attached hydrogen (secondary N) is 1. The van der Waals surface area contributed by atoms with Gasteiger partial charge in [-0.05, 0) is 56.4 Å². The maximum atomic E-state index is 11.9. The van der Waals surface area contributed by atoms with E-state index in [-0.39, 0.29) is 48.6 Å². The van der Waals surface area contributed by atoms with Crippen LogP contribution in [-0.2, 0) is 33.4 Å². The summed E-state index contributed by atoms with van der Waals surface area (Å²) in [6.07, 6.45) is 17.4. The van der Waals surface area contributed by atoms with Gasteiger partial charge < -0.3 is 39.9 Å². The molecule has 3 amide bonds. The molecule has 7 unspecified atom stereocenters. The number of ether oxygens (including phenoxy) is 3. The van der Waals surface area contributed by atoms with Gasteiger partial charge in [0.05, 0.1) is 44.4 Å². The molecule has 0 aromatic rings. The molecule has 2 rings (SSSR count). The number of hydrogen-bond donors (Lipinski definition) is 2. The molecule has 0 aromatic heterocycles. The molecule has 0 aromatic carbocycles. The van der Waals surface area contributed by atoms with Crippen molar-refractivity contribution in [3.05, 3.63) is 24.3 Å². The van der Waals surface area contributed by atoms with E-state index in [1.165, 1.54) is 33.4 Å². The number of nitrogens with two attached hydrogens (primary N) is 1. The van der Waals surface area contributed by atoms with Gasteiger partial charge >= 0.3 is 5.97 Å². The van der Waals surface area contributed by atoms with Gasteiger partial charge in [-0.15, -0.1) is 0 Å². The van der Waals surface area contributed by atoms with Crippen molar-refractivity contribution >= 4 is 42.8 Å². The van der Waals surface area contributed by atoms with E-state index in [0.29, 0.717) is 12.3 Å². The quantitative estimate of drug-likeness (QED) is 0.0616. The summed E-state index contributed by atoms with van der Waals surface area (Å²) >= 11 is 3.83. The standard InChI is InChI=1S/C13H25N2O3.C12H21NO4.C7H10.C3H8.C2H6.CH5N.CH2S.Fm/c1-6-10(3)13(11(7-2)18-5)15(4)12(17)8-14-9-16;1-9(7-11(15)16-2)12(17-3)10-5-4-6-13(10)8-14;1-7-5-3-2-4-6-7;1-3-2;3*1-2;/h10-11,13H,6-8H2,1-5H3,(H,14,16);8-10,12H,4-7H2,1-3H3;2-5,7H,6H2,1H3;3H2,1-2H3;1-2H3;2H2,1H3;1H2;/q-1;;;;;;;. The van der Waals surface area contributed by atoms with Crippen molar-refractivity contribution in [3.8, 4) is 0 Å². The zero-order valence-electron chi connectivity index (χ0n) is 35.0. The van der Waals surface area contributed by atoms with Crippen LogP contribution in [0.5, 0.6) is 0 Å². The summed E-state index contributed by atoms with van der Waals surface area (Å²) in [5.41, 5.74) is 4.50. The number of esters is 1. The van der Waals surface area contributed by atoms with Crippen LogP contribution < -0.4 is 11.1 Å². The molecule has 1 saturated heterocycles. The molecular weight excluding hydrogens is 926 g/mol. The number of rotatable bonds is 15. The molecule has 0 spiro atoms. The van der Waals surface area contributed by atoms with E-state index in [4.69, 9.17) is 9.47 Å². The first-order chi connectivity index (χ1) is 24.5. The van der Waals surface area contributed by atoms with Gasteiger partial charge in [-0.2, -0.15) is 6.41 Å². The molecule has 0 radical (unpaired) electrons. The fourth-order valence-electron chi connectivity index (χ4n) is 5.42. The number of carbonyl (C=O) groups excluding carboxylic acids is 4. The Kier molecular flexibility index (Phi) is 50.5. The Balaban J connectivity index is -0.000000143. The van der Waals surface area contributed by atoms with Gasteiger partial charge in [0, 0.05) is 27.8 Å². The average Bonchev–Trinajstić information content (AvgIpc) is 3.64. The molecule has 3 N–H and O–H groups in total. The zero-order chi connectivity index (χ0) is 40.8. The number of allylic oxidation sites excluding steroid dienone is 4. The Morgan fingerprint density at radius 3 is 1.96 bits per heavy atom. The number of thiocarbonyl (C=S) groups is 1. The number of carbonyl (C=O) groups is 3. The SMILES string of the molecule is C=S.CC.CC1C=CC=CC1.CCC.CCC(C)C(C(CC)OC)N(C)C(=O)CN[C-]=O.CN.COC(=O)CC(C)C(OC)C1CCCN1C=O.[Fm]. The van der Waals surface area contributed by atoms with Crippen molar-refractivity contribution < 1.29 is 33.4 Å². The monoisotopic (exact) mass is 1000 g/mol. The van der Waals surface area contributed by atoms with Crippen molar-refractivity contribution in [1.82, 2.24) is 15.1 Å². The predicted molar refractivity (Wildman–Crippen MR) is 217 cm³/mol. The maximum absolute atomic E-state index is 11.9. The van der Waals surface area contributed by atoms with E-state index in [2.05, 4.69) is 92.8 Å². The first kappa shape index (κ1) is 60.4. The van der Waals surface area contributed by atoms with E-state index >= 15 is 0 Å². The van der Waals surface area contributed by atoms with Crippen molar-refractivity contribution in [1.29, 1.82) is 0 Å². The van der Waals surface area contributed by atoms with E-state index in [1.54, 1.807) is 31.1 Å². The van der Waals surface area contributed by atoms with Crippen LogP contribution in [-0.4, -0.2) is 113 Å². The summed E-state index contributed by atoms with van der Waals surface area (Å²) in [7, 11) is 7.93. The normalized spacial score (nSPS) is 17.5. The minimum absolute atomic E-state index is 0. The molecule has 1 fully saturated rings. The van der Waals surface area contributed by atoms with Crippen LogP contribution in [0.4, 0.5) is 0 Å². The number of likely N-dealkylation sites (N-methyl/N-ethyl adjacent to an activating group) is 1. The number of nitrogens with zero attached hydrogens (tertiary/aromatic N) is 2. The first-order valence-corrected chi connectivity index (χ1v) is 18.9. The number of likely N-dealkylation sites (tertiary alicyclic amines) is 1. The Labute approximate surface area is 318 Å². The second kappa shape index (κ2) is 43.5. The van der Waals surface area contributed by atoms with Crippen LogP contribution in [0.15, 0.2) is 24.3 Å². The molecule has 52 heavy (non-hydrogen) atoms. The molecule has 0 bridgehead atoms. The molecule has 1 aliphatic heterocycles.